The number of hydrogen-bond donors (Lipinski definition) is 1. The van der Waals surface area contributed by atoms with Crippen LogP contribution in [0.4, 0.5) is 0 Å². The molecule has 1 aliphatic heterocycles. The van der Waals surface area contributed by atoms with Crippen molar-refractivity contribution < 1.29 is 0 Å². The number of piperazine rings is 1. The Bertz CT molecular complexity index is 665. The molecule has 2 aromatic rings. The molecule has 24 heavy (non-hydrogen) atoms. The summed E-state index contributed by atoms with van der Waals surface area (Å²) in [6, 6.07) is 8.35. The van der Waals surface area contributed by atoms with Crippen molar-refractivity contribution >= 4 is 24.0 Å². The van der Waals surface area contributed by atoms with E-state index in [9.17, 15) is 0 Å². The first-order chi connectivity index (χ1) is 10.9. The van der Waals surface area contributed by atoms with E-state index in [1.807, 2.05) is 29.1 Å². The number of nitrogens with zero attached hydrogens (tertiary/aromatic N) is 4. The fraction of sp³-hybridized carbons (Fsp3) is 0.529. The highest BCUT2D eigenvalue weighted by atomic mass is 35.5. The lowest BCUT2D eigenvalue weighted by Crippen LogP contribution is -2.45. The monoisotopic (exact) mass is 369 g/mol. The standard InChI is InChI=1S/C17H24ClN5.ClH/c1-17(2,3)23-12-13(20-21-23)11-22-9-8-19-10-16(22)14-6-4-5-7-15(14)18;/h4-7,12,16,19H,8-11H2,1-3H3;1H. The molecular weight excluding hydrogens is 345 g/mol. The second kappa shape index (κ2) is 7.83. The lowest BCUT2D eigenvalue weighted by Gasteiger charge is -2.36. The number of nitrogens with one attached hydrogen (secondary N) is 1. The Kier molecular flexibility index (Phi) is 6.26. The lowest BCUT2D eigenvalue weighted by molar-refractivity contribution is 0.152. The first kappa shape index (κ1) is 19.2. The SMILES string of the molecule is CC(C)(C)n1cc(CN2CCNCC2c2ccccc2Cl)nn1.Cl. The van der Waals surface area contributed by atoms with Gasteiger partial charge in [-0.15, -0.1) is 17.5 Å². The summed E-state index contributed by atoms with van der Waals surface area (Å²) in [6.07, 6.45) is 2.05. The fourth-order valence-corrected chi connectivity index (χ4v) is 3.16. The molecule has 132 valence electrons. The van der Waals surface area contributed by atoms with Crippen molar-refractivity contribution in [1.82, 2.24) is 25.2 Å². The molecule has 1 atom stereocenters. The summed E-state index contributed by atoms with van der Waals surface area (Å²) in [4.78, 5) is 2.43. The molecule has 7 heteroatoms. The molecule has 1 aromatic heterocycles. The highest BCUT2D eigenvalue weighted by Crippen LogP contribution is 2.29. The van der Waals surface area contributed by atoms with E-state index in [4.69, 9.17) is 11.6 Å². The molecule has 2 heterocycles. The Morgan fingerprint density at radius 1 is 1.29 bits per heavy atom. The minimum Gasteiger partial charge on any atom is -0.314 e. The van der Waals surface area contributed by atoms with Crippen molar-refractivity contribution in [2.24, 2.45) is 0 Å². The molecule has 0 amide bonds. The van der Waals surface area contributed by atoms with Gasteiger partial charge in [0.1, 0.15) is 0 Å². The van der Waals surface area contributed by atoms with E-state index in [-0.39, 0.29) is 24.0 Å². The Morgan fingerprint density at radius 2 is 2.04 bits per heavy atom. The topological polar surface area (TPSA) is 46.0 Å². The maximum absolute atomic E-state index is 6.40. The van der Waals surface area contributed by atoms with E-state index in [2.05, 4.69) is 47.4 Å². The van der Waals surface area contributed by atoms with Gasteiger partial charge in [-0.1, -0.05) is 35.0 Å². The van der Waals surface area contributed by atoms with E-state index in [0.717, 1.165) is 36.9 Å². The quantitative estimate of drug-likeness (QED) is 0.901. The Morgan fingerprint density at radius 3 is 2.71 bits per heavy atom. The fourth-order valence-electron chi connectivity index (χ4n) is 2.89. The lowest BCUT2D eigenvalue weighted by atomic mass is 10.0. The van der Waals surface area contributed by atoms with E-state index in [0.29, 0.717) is 0 Å². The molecule has 1 unspecified atom stereocenters. The van der Waals surface area contributed by atoms with Crippen LogP contribution in [0, 0.1) is 0 Å². The average Bonchev–Trinajstić information content (AvgIpc) is 2.97. The van der Waals surface area contributed by atoms with Gasteiger partial charge < -0.3 is 5.32 Å². The Hall–Kier alpha value is -1.14. The van der Waals surface area contributed by atoms with Gasteiger partial charge in [0.2, 0.25) is 0 Å². The van der Waals surface area contributed by atoms with Crippen LogP contribution in [0.2, 0.25) is 5.02 Å². The molecule has 0 radical (unpaired) electrons. The van der Waals surface area contributed by atoms with E-state index in [1.54, 1.807) is 0 Å². The second-order valence-corrected chi connectivity index (χ2v) is 7.44. The predicted octanol–water partition coefficient (Wildman–Crippen LogP) is 3.25. The third-order valence-corrected chi connectivity index (χ3v) is 4.56. The maximum atomic E-state index is 6.40. The van der Waals surface area contributed by atoms with Gasteiger partial charge in [-0.2, -0.15) is 0 Å². The molecule has 3 rings (SSSR count). The summed E-state index contributed by atoms with van der Waals surface area (Å²) >= 11 is 6.40. The second-order valence-electron chi connectivity index (χ2n) is 7.04. The molecule has 0 aliphatic carbocycles. The van der Waals surface area contributed by atoms with E-state index in [1.165, 1.54) is 5.56 Å². The molecular formula is C17H25Cl2N5. The number of hydrogen-bond acceptors (Lipinski definition) is 4. The summed E-state index contributed by atoms with van der Waals surface area (Å²) in [5.74, 6) is 0. The molecule has 0 spiro atoms. The predicted molar refractivity (Wildman–Crippen MR) is 99.7 cm³/mol. The van der Waals surface area contributed by atoms with Crippen LogP contribution in [0.5, 0.6) is 0 Å². The van der Waals surface area contributed by atoms with Crippen LogP contribution in [-0.2, 0) is 12.1 Å². The van der Waals surface area contributed by atoms with Crippen molar-refractivity contribution in [2.75, 3.05) is 19.6 Å². The molecule has 5 nitrogen and oxygen atoms in total. The van der Waals surface area contributed by atoms with Crippen LogP contribution < -0.4 is 5.32 Å². The third kappa shape index (κ3) is 4.28. The van der Waals surface area contributed by atoms with Gasteiger partial charge in [0.25, 0.3) is 0 Å². The zero-order chi connectivity index (χ0) is 16.4. The summed E-state index contributed by atoms with van der Waals surface area (Å²) in [5, 5.41) is 12.9. The van der Waals surface area contributed by atoms with Gasteiger partial charge in [0.15, 0.2) is 0 Å². The molecule has 0 saturated carbocycles. The van der Waals surface area contributed by atoms with Crippen LogP contribution in [-0.4, -0.2) is 39.5 Å². The van der Waals surface area contributed by atoms with Crippen molar-refractivity contribution in [2.45, 2.75) is 38.9 Å². The number of benzene rings is 1. The van der Waals surface area contributed by atoms with Crippen LogP contribution >= 0.6 is 24.0 Å². The maximum Gasteiger partial charge on any atom is 0.0967 e. The molecule has 1 aliphatic rings. The van der Waals surface area contributed by atoms with Gasteiger partial charge in [-0.05, 0) is 32.4 Å². The van der Waals surface area contributed by atoms with Crippen molar-refractivity contribution in [1.29, 1.82) is 0 Å². The summed E-state index contributed by atoms with van der Waals surface area (Å²) in [5.41, 5.74) is 2.13. The van der Waals surface area contributed by atoms with Gasteiger partial charge in [-0.25, -0.2) is 4.68 Å². The number of rotatable bonds is 3. The van der Waals surface area contributed by atoms with Crippen LogP contribution in [0.3, 0.4) is 0 Å². The Labute approximate surface area is 154 Å². The minimum absolute atomic E-state index is 0. The molecule has 1 aromatic carbocycles. The Balaban J connectivity index is 0.00000208. The summed E-state index contributed by atoms with van der Waals surface area (Å²) in [7, 11) is 0. The van der Waals surface area contributed by atoms with E-state index < -0.39 is 0 Å². The highest BCUT2D eigenvalue weighted by Gasteiger charge is 2.26. The summed E-state index contributed by atoms with van der Waals surface area (Å²) in [6.45, 7) is 10.0. The zero-order valence-electron chi connectivity index (χ0n) is 14.4. The average molecular weight is 370 g/mol. The number of halogens is 2. The first-order valence-corrected chi connectivity index (χ1v) is 8.44. The molecule has 1 N–H and O–H groups in total. The highest BCUT2D eigenvalue weighted by molar-refractivity contribution is 6.31. The van der Waals surface area contributed by atoms with Crippen molar-refractivity contribution in [3.05, 3.63) is 46.7 Å². The van der Waals surface area contributed by atoms with Gasteiger partial charge in [0, 0.05) is 37.2 Å². The minimum atomic E-state index is -0.0448. The van der Waals surface area contributed by atoms with Crippen LogP contribution in [0.25, 0.3) is 0 Å². The van der Waals surface area contributed by atoms with Crippen molar-refractivity contribution in [3.63, 3.8) is 0 Å². The van der Waals surface area contributed by atoms with Gasteiger partial charge in [-0.3, -0.25) is 4.90 Å². The van der Waals surface area contributed by atoms with Crippen LogP contribution in [0.15, 0.2) is 30.5 Å². The van der Waals surface area contributed by atoms with Crippen LogP contribution in [0.1, 0.15) is 38.1 Å². The smallest absolute Gasteiger partial charge is 0.0967 e. The van der Waals surface area contributed by atoms with Gasteiger partial charge in [0.05, 0.1) is 17.4 Å². The zero-order valence-corrected chi connectivity index (χ0v) is 15.9. The molecule has 1 saturated heterocycles. The van der Waals surface area contributed by atoms with E-state index >= 15 is 0 Å². The normalized spacial score (nSPS) is 19.1. The molecule has 1 fully saturated rings. The van der Waals surface area contributed by atoms with Crippen molar-refractivity contribution in [3.8, 4) is 0 Å². The molecule has 0 bridgehead atoms. The largest absolute Gasteiger partial charge is 0.314 e. The summed E-state index contributed by atoms with van der Waals surface area (Å²) < 4.78 is 1.93. The first-order valence-electron chi connectivity index (χ1n) is 8.06. The van der Waals surface area contributed by atoms with Gasteiger partial charge >= 0.3 is 0 Å². The number of aromatic nitrogens is 3. The third-order valence-electron chi connectivity index (χ3n) is 4.21.